The van der Waals surface area contributed by atoms with Crippen molar-refractivity contribution in [2.24, 2.45) is 0 Å². The van der Waals surface area contributed by atoms with Gasteiger partial charge in [-0.3, -0.25) is 4.79 Å². The van der Waals surface area contributed by atoms with Crippen LogP contribution in [0.5, 0.6) is 11.5 Å². The Morgan fingerprint density at radius 1 is 0.824 bits per heavy atom. The number of hydrogen-bond acceptors (Lipinski definition) is 6. The number of rotatable bonds is 9. The Morgan fingerprint density at radius 2 is 1.35 bits per heavy atom. The van der Waals surface area contributed by atoms with Crippen molar-refractivity contribution in [1.82, 2.24) is 9.78 Å². The number of anilines is 4. The fraction of sp³-hybridized carbons (Fsp3) is 0.154. The van der Waals surface area contributed by atoms with Crippen LogP contribution in [0.2, 0.25) is 0 Å². The van der Waals surface area contributed by atoms with Gasteiger partial charge < -0.3 is 20.1 Å². The van der Waals surface area contributed by atoms with Crippen molar-refractivity contribution in [2.45, 2.75) is 13.8 Å². The van der Waals surface area contributed by atoms with E-state index in [2.05, 4.69) is 15.7 Å². The van der Waals surface area contributed by atoms with Gasteiger partial charge in [-0.05, 0) is 86.6 Å². The average Bonchev–Trinajstić information content (AvgIpc) is 3.24. The number of nitrogens with zero attached hydrogens (tertiary/aromatic N) is 2. The molecule has 0 unspecified atom stereocenters. The van der Waals surface area contributed by atoms with Crippen molar-refractivity contribution < 1.29 is 18.7 Å². The topological polar surface area (TPSA) is 77.4 Å². The fourth-order valence-electron chi connectivity index (χ4n) is 3.30. The normalized spacial score (nSPS) is 10.6. The quantitative estimate of drug-likeness (QED) is 0.319. The van der Waals surface area contributed by atoms with E-state index in [4.69, 9.17) is 9.47 Å². The lowest BCUT2D eigenvalue weighted by atomic mass is 10.2. The van der Waals surface area contributed by atoms with Crippen molar-refractivity contribution in [3.63, 3.8) is 0 Å². The molecule has 1 heterocycles. The minimum atomic E-state index is -0.414. The highest BCUT2D eigenvalue weighted by Gasteiger charge is 2.17. The Bertz CT molecular complexity index is 1240. The molecule has 34 heavy (non-hydrogen) atoms. The monoisotopic (exact) mass is 460 g/mol. The number of carbonyl (C=O) groups excluding carboxylic acids is 1. The summed E-state index contributed by atoms with van der Waals surface area (Å²) in [5.41, 5.74) is 1.85. The maximum atomic E-state index is 13.4. The molecule has 0 spiro atoms. The molecule has 0 aliphatic carbocycles. The minimum absolute atomic E-state index is 0.312. The molecule has 3 aromatic carbocycles. The first-order valence-corrected chi connectivity index (χ1v) is 11.0. The van der Waals surface area contributed by atoms with Gasteiger partial charge in [-0.1, -0.05) is 0 Å². The molecule has 0 amide bonds. The third kappa shape index (κ3) is 5.53. The molecule has 4 aromatic rings. The van der Waals surface area contributed by atoms with Gasteiger partial charge in [0.1, 0.15) is 23.1 Å². The second kappa shape index (κ2) is 10.5. The summed E-state index contributed by atoms with van der Waals surface area (Å²) in [6.45, 7) is 5.01. The largest absolute Gasteiger partial charge is 0.494 e. The molecule has 2 N–H and O–H groups in total. The van der Waals surface area contributed by atoms with Gasteiger partial charge in [-0.25, -0.2) is 4.39 Å². The van der Waals surface area contributed by atoms with E-state index in [0.29, 0.717) is 30.4 Å². The van der Waals surface area contributed by atoms with E-state index < -0.39 is 11.7 Å². The molecule has 0 bridgehead atoms. The number of benzene rings is 3. The Hall–Kier alpha value is -4.33. The zero-order valence-corrected chi connectivity index (χ0v) is 18.9. The second-order valence-electron chi connectivity index (χ2n) is 7.30. The fourth-order valence-corrected chi connectivity index (χ4v) is 3.30. The molecule has 4 rings (SSSR count). The third-order valence-corrected chi connectivity index (χ3v) is 4.87. The summed E-state index contributed by atoms with van der Waals surface area (Å²) in [4.78, 5) is 13.2. The molecule has 0 saturated carbocycles. The summed E-state index contributed by atoms with van der Waals surface area (Å²) in [6, 6.07) is 21.9. The van der Waals surface area contributed by atoms with Gasteiger partial charge in [0, 0.05) is 23.0 Å². The number of hydrogen-bond donors (Lipinski definition) is 2. The van der Waals surface area contributed by atoms with Crippen LogP contribution in [0.3, 0.4) is 0 Å². The van der Waals surface area contributed by atoms with Crippen LogP contribution in [0.4, 0.5) is 27.4 Å². The van der Waals surface area contributed by atoms with E-state index in [9.17, 15) is 9.18 Å². The van der Waals surface area contributed by atoms with E-state index in [0.717, 1.165) is 22.9 Å². The number of halogens is 1. The highest BCUT2D eigenvalue weighted by atomic mass is 19.1. The van der Waals surface area contributed by atoms with Crippen molar-refractivity contribution >= 4 is 28.9 Å². The molecular formula is C26H25FN4O3. The molecule has 7 nitrogen and oxygen atoms in total. The van der Waals surface area contributed by atoms with Gasteiger partial charge in [0.25, 0.3) is 5.91 Å². The van der Waals surface area contributed by atoms with E-state index in [1.807, 2.05) is 62.4 Å². The van der Waals surface area contributed by atoms with Gasteiger partial charge in [0.05, 0.1) is 13.2 Å². The highest BCUT2D eigenvalue weighted by molar-refractivity contribution is 5.98. The molecule has 0 fully saturated rings. The Kier molecular flexibility index (Phi) is 7.07. The predicted octanol–water partition coefficient (Wildman–Crippen LogP) is 6.00. The Labute approximate surface area is 197 Å². The Morgan fingerprint density at radius 3 is 1.88 bits per heavy atom. The number of aromatic nitrogens is 2. The zero-order chi connectivity index (χ0) is 23.9. The maximum Gasteiger partial charge on any atom is 0.280 e. The van der Waals surface area contributed by atoms with E-state index in [1.165, 1.54) is 28.9 Å². The summed E-state index contributed by atoms with van der Waals surface area (Å²) in [5.74, 6) is 1.63. The number of nitrogens with one attached hydrogen (secondary N) is 2. The van der Waals surface area contributed by atoms with Crippen LogP contribution in [0.1, 0.15) is 24.2 Å². The maximum absolute atomic E-state index is 13.4. The first kappa shape index (κ1) is 22.8. The van der Waals surface area contributed by atoms with Crippen LogP contribution >= 0.6 is 0 Å². The molecule has 0 aliphatic heterocycles. The Balaban J connectivity index is 1.62. The van der Waals surface area contributed by atoms with Crippen molar-refractivity contribution in [2.75, 3.05) is 23.8 Å². The molecule has 0 aliphatic rings. The molecule has 1 aromatic heterocycles. The average molecular weight is 461 g/mol. The molecular weight excluding hydrogens is 435 g/mol. The van der Waals surface area contributed by atoms with Crippen LogP contribution in [-0.4, -0.2) is 28.9 Å². The van der Waals surface area contributed by atoms with Gasteiger partial charge in [-0.2, -0.15) is 4.68 Å². The lowest BCUT2D eigenvalue weighted by Gasteiger charge is -2.10. The third-order valence-electron chi connectivity index (χ3n) is 4.87. The summed E-state index contributed by atoms with van der Waals surface area (Å²) < 4.78 is 25.6. The second-order valence-corrected chi connectivity index (χ2v) is 7.30. The highest BCUT2D eigenvalue weighted by Crippen LogP contribution is 2.26. The van der Waals surface area contributed by atoms with Gasteiger partial charge in [-0.15, -0.1) is 5.10 Å². The van der Waals surface area contributed by atoms with Crippen LogP contribution in [0.25, 0.3) is 0 Å². The van der Waals surface area contributed by atoms with Crippen LogP contribution in [0.15, 0.2) is 78.9 Å². The van der Waals surface area contributed by atoms with Crippen molar-refractivity contribution in [3.05, 3.63) is 90.2 Å². The molecule has 0 saturated heterocycles. The van der Waals surface area contributed by atoms with Crippen LogP contribution < -0.4 is 20.1 Å². The lowest BCUT2D eigenvalue weighted by Crippen LogP contribution is -2.16. The van der Waals surface area contributed by atoms with E-state index in [-0.39, 0.29) is 0 Å². The number of ether oxygens (including phenoxy) is 2. The van der Waals surface area contributed by atoms with Crippen molar-refractivity contribution in [3.8, 4) is 11.5 Å². The van der Waals surface area contributed by atoms with Gasteiger partial charge in [0.2, 0.25) is 0 Å². The molecule has 0 atom stereocenters. The zero-order valence-electron chi connectivity index (χ0n) is 18.9. The van der Waals surface area contributed by atoms with E-state index >= 15 is 0 Å². The first-order valence-electron chi connectivity index (χ1n) is 11.0. The molecule has 174 valence electrons. The summed E-state index contributed by atoms with van der Waals surface area (Å²) in [5, 5.41) is 10.9. The van der Waals surface area contributed by atoms with Crippen molar-refractivity contribution in [1.29, 1.82) is 0 Å². The smallest absolute Gasteiger partial charge is 0.280 e. The lowest BCUT2D eigenvalue weighted by molar-refractivity contribution is 0.0948. The number of carbonyl (C=O) groups is 1. The standard InChI is InChI=1S/C26H25FN4O3/c1-3-33-22-13-9-20(10-14-22)28-24-17-25(29-21-11-15-23(16-12-21)34-4-2)31(30-24)26(32)18-5-7-19(27)8-6-18/h5-17,29H,3-4H2,1-2H3,(H,28,30). The van der Waals surface area contributed by atoms with E-state index in [1.54, 1.807) is 6.07 Å². The predicted molar refractivity (Wildman–Crippen MR) is 130 cm³/mol. The molecule has 8 heteroatoms. The molecule has 0 radical (unpaired) electrons. The van der Waals surface area contributed by atoms with Crippen LogP contribution in [0, 0.1) is 5.82 Å². The van der Waals surface area contributed by atoms with Gasteiger partial charge >= 0.3 is 0 Å². The summed E-state index contributed by atoms with van der Waals surface area (Å²) in [6.07, 6.45) is 0. The minimum Gasteiger partial charge on any atom is -0.494 e. The van der Waals surface area contributed by atoms with Gasteiger partial charge in [0.15, 0.2) is 5.82 Å². The van der Waals surface area contributed by atoms with Crippen LogP contribution in [-0.2, 0) is 0 Å². The first-order chi connectivity index (χ1) is 16.6. The SMILES string of the molecule is CCOc1ccc(Nc2cc(Nc3ccc(OCC)cc3)n(C(=O)c3ccc(F)cc3)n2)cc1. The summed E-state index contributed by atoms with van der Waals surface area (Å²) in [7, 11) is 0. The summed E-state index contributed by atoms with van der Waals surface area (Å²) >= 11 is 0.